The Hall–Kier alpha value is -2.73. The number of rotatable bonds is 4. The first-order chi connectivity index (χ1) is 12.8. The molecule has 0 bridgehead atoms. The van der Waals surface area contributed by atoms with Crippen molar-refractivity contribution < 1.29 is 9.59 Å². The molecule has 5 nitrogen and oxygen atoms in total. The third-order valence-electron chi connectivity index (χ3n) is 4.76. The number of carbonyl (C=O) groups excluding carboxylic acids is 2. The van der Waals surface area contributed by atoms with Crippen molar-refractivity contribution in [3.8, 4) is 0 Å². The minimum atomic E-state index is -0.839. The van der Waals surface area contributed by atoms with Crippen LogP contribution in [0, 0.1) is 13.8 Å². The number of carbonyl (C=O) groups is 2. The van der Waals surface area contributed by atoms with Crippen LogP contribution in [0.15, 0.2) is 41.0 Å². The molecule has 0 radical (unpaired) electrons. The van der Waals surface area contributed by atoms with Crippen molar-refractivity contribution in [1.82, 2.24) is 0 Å². The number of benzene rings is 1. The van der Waals surface area contributed by atoms with Crippen molar-refractivity contribution in [2.24, 2.45) is 16.5 Å². The molecule has 2 heterocycles. The molecule has 0 unspecified atom stereocenters. The van der Waals surface area contributed by atoms with Gasteiger partial charge >= 0.3 is 0 Å². The van der Waals surface area contributed by atoms with Gasteiger partial charge < -0.3 is 11.5 Å². The molecule has 0 spiro atoms. The lowest BCUT2D eigenvalue weighted by molar-refractivity contribution is -0.122. The molecule has 1 aromatic heterocycles. The highest BCUT2D eigenvalue weighted by Gasteiger charge is 2.34. The molecular weight excluding hydrogens is 358 g/mol. The second-order valence-corrected chi connectivity index (χ2v) is 8.06. The lowest BCUT2D eigenvalue weighted by atomic mass is 9.95. The smallest absolute Gasteiger partial charge is 0.220 e. The molecule has 0 saturated heterocycles. The number of primary amides is 1. The number of Topliss-reactive ketones (excluding diaryl/α,β-unsaturated/α-hetero) is 1. The number of nitrogens with two attached hydrogens (primary N) is 2. The van der Waals surface area contributed by atoms with E-state index in [9.17, 15) is 9.59 Å². The molecule has 3 rings (SSSR count). The summed E-state index contributed by atoms with van der Waals surface area (Å²) in [6.45, 7) is 5.78. The van der Waals surface area contributed by atoms with Crippen LogP contribution in [-0.2, 0) is 16.0 Å². The Balaban J connectivity index is 2.24. The highest BCUT2D eigenvalue weighted by molar-refractivity contribution is 7.14. The molecule has 0 fully saturated rings. The molecule has 27 heavy (non-hydrogen) atoms. The number of nitrogens with zero attached hydrogens (tertiary/aromatic N) is 1. The topological polar surface area (TPSA) is 98.5 Å². The minimum absolute atomic E-state index is 0.124. The van der Waals surface area contributed by atoms with E-state index in [1.54, 1.807) is 18.3 Å². The molecule has 0 aliphatic carbocycles. The quantitative estimate of drug-likeness (QED) is 0.797. The molecular formula is C21H23N3O2S. The molecule has 140 valence electrons. The van der Waals surface area contributed by atoms with Gasteiger partial charge in [-0.05, 0) is 31.9 Å². The van der Waals surface area contributed by atoms with Crippen LogP contribution in [0.3, 0.4) is 0 Å². The molecule has 2 aromatic rings. The van der Waals surface area contributed by atoms with Crippen LogP contribution >= 0.6 is 11.3 Å². The van der Waals surface area contributed by atoms with E-state index in [1.807, 2.05) is 44.2 Å². The zero-order chi connectivity index (χ0) is 19.7. The fourth-order valence-corrected chi connectivity index (χ4v) is 4.66. The van der Waals surface area contributed by atoms with Crippen LogP contribution in [0.4, 0.5) is 0 Å². The zero-order valence-electron chi connectivity index (χ0n) is 15.7. The third-order valence-corrected chi connectivity index (χ3v) is 5.99. The molecule has 1 aliphatic heterocycles. The summed E-state index contributed by atoms with van der Waals surface area (Å²) in [7, 11) is 0. The van der Waals surface area contributed by atoms with Gasteiger partial charge in [-0.1, -0.05) is 30.3 Å². The van der Waals surface area contributed by atoms with E-state index >= 15 is 0 Å². The summed E-state index contributed by atoms with van der Waals surface area (Å²) in [6, 6.07) is 9.12. The fraction of sp³-hybridized carbons (Fsp3) is 0.286. The molecule has 4 N–H and O–H groups in total. The van der Waals surface area contributed by atoms with E-state index < -0.39 is 11.9 Å². The first-order valence-electron chi connectivity index (χ1n) is 8.79. The molecule has 1 atom stereocenters. The van der Waals surface area contributed by atoms with Crippen LogP contribution in [0.1, 0.15) is 39.8 Å². The van der Waals surface area contributed by atoms with Gasteiger partial charge in [-0.2, -0.15) is 0 Å². The van der Waals surface area contributed by atoms with Gasteiger partial charge in [0.05, 0.1) is 12.0 Å². The number of fused-ring (bicyclic) bond motifs is 1. The van der Waals surface area contributed by atoms with Gasteiger partial charge in [0.2, 0.25) is 5.91 Å². The maximum atomic E-state index is 13.2. The average molecular weight is 382 g/mol. The highest BCUT2D eigenvalue weighted by atomic mass is 32.1. The summed E-state index contributed by atoms with van der Waals surface area (Å²) >= 11 is 1.55. The summed E-state index contributed by atoms with van der Waals surface area (Å²) in [6.07, 6.45) is 0.450. The van der Waals surface area contributed by atoms with Gasteiger partial charge in [-0.15, -0.1) is 11.3 Å². The molecule has 0 saturated carbocycles. The fourth-order valence-electron chi connectivity index (χ4n) is 3.37. The van der Waals surface area contributed by atoms with Crippen molar-refractivity contribution in [2.45, 2.75) is 39.7 Å². The van der Waals surface area contributed by atoms with Gasteiger partial charge in [0.1, 0.15) is 6.04 Å². The van der Waals surface area contributed by atoms with Crippen molar-refractivity contribution >= 4 is 34.3 Å². The summed E-state index contributed by atoms with van der Waals surface area (Å²) in [4.78, 5) is 31.4. The Kier molecular flexibility index (Phi) is 5.28. The van der Waals surface area contributed by atoms with Crippen LogP contribution in [0.2, 0.25) is 0 Å². The largest absolute Gasteiger partial charge is 0.402 e. The first kappa shape index (κ1) is 19.0. The standard InChI is InChI=1S/C21H23N3O2S/c1-11-13(3)27-21-18(11)15(9-14-7-5-4-6-8-14)24-16(10-17(23)25)20(26)19(21)12(2)22/h4-8,16H,9-10,22H2,1-3H3,(H2,23,25)/t16-/m0/s1. The number of allylic oxidation sites excluding steroid dienone is 1. The monoisotopic (exact) mass is 381 g/mol. The zero-order valence-corrected chi connectivity index (χ0v) is 16.5. The number of hydrogen-bond donors (Lipinski definition) is 2. The Morgan fingerprint density at radius 3 is 2.44 bits per heavy atom. The van der Waals surface area contributed by atoms with Crippen LogP contribution in [0.25, 0.3) is 5.57 Å². The van der Waals surface area contributed by atoms with Crippen LogP contribution in [-0.4, -0.2) is 23.4 Å². The number of hydrogen-bond acceptors (Lipinski definition) is 5. The van der Waals surface area contributed by atoms with Crippen LogP contribution in [0.5, 0.6) is 0 Å². The van der Waals surface area contributed by atoms with Gasteiger partial charge in [0.15, 0.2) is 5.78 Å². The predicted molar refractivity (Wildman–Crippen MR) is 110 cm³/mol. The van der Waals surface area contributed by atoms with E-state index in [2.05, 4.69) is 0 Å². The maximum absolute atomic E-state index is 13.2. The Morgan fingerprint density at radius 2 is 1.85 bits per heavy atom. The molecule has 1 aliphatic rings. The molecule has 1 amide bonds. The normalized spacial score (nSPS) is 18.6. The van der Waals surface area contributed by atoms with E-state index in [0.717, 1.165) is 32.2 Å². The van der Waals surface area contributed by atoms with Crippen molar-refractivity contribution in [1.29, 1.82) is 0 Å². The molecule has 1 aromatic carbocycles. The van der Waals surface area contributed by atoms with Gasteiger partial charge in [0, 0.05) is 33.1 Å². The number of aryl methyl sites for hydroxylation is 1. The van der Waals surface area contributed by atoms with Crippen molar-refractivity contribution in [3.63, 3.8) is 0 Å². The molecule has 6 heteroatoms. The predicted octanol–water partition coefficient (Wildman–Crippen LogP) is 2.91. The maximum Gasteiger partial charge on any atom is 0.220 e. The van der Waals surface area contributed by atoms with E-state index in [-0.39, 0.29) is 12.2 Å². The van der Waals surface area contributed by atoms with Crippen molar-refractivity contribution in [2.75, 3.05) is 0 Å². The van der Waals surface area contributed by atoms with Gasteiger partial charge in [-0.25, -0.2) is 0 Å². The number of amides is 1. The van der Waals surface area contributed by atoms with E-state index in [1.165, 1.54) is 0 Å². The highest BCUT2D eigenvalue weighted by Crippen LogP contribution is 2.38. The number of ketones is 1. The van der Waals surface area contributed by atoms with Gasteiger partial charge in [-0.3, -0.25) is 14.6 Å². The van der Waals surface area contributed by atoms with Gasteiger partial charge in [0.25, 0.3) is 0 Å². The summed E-state index contributed by atoms with van der Waals surface area (Å²) in [5.41, 5.74) is 16.3. The Bertz CT molecular complexity index is 967. The first-order valence-corrected chi connectivity index (χ1v) is 9.61. The summed E-state index contributed by atoms with van der Waals surface area (Å²) in [5.74, 6) is -0.789. The second-order valence-electron chi connectivity index (χ2n) is 6.83. The Labute approximate surface area is 162 Å². The van der Waals surface area contributed by atoms with Crippen molar-refractivity contribution in [3.05, 3.63) is 62.5 Å². The Morgan fingerprint density at radius 1 is 1.19 bits per heavy atom. The summed E-state index contributed by atoms with van der Waals surface area (Å²) in [5, 5.41) is 0. The average Bonchev–Trinajstić information content (AvgIpc) is 2.82. The minimum Gasteiger partial charge on any atom is -0.402 e. The number of aliphatic imine (C=N–C) groups is 1. The second kappa shape index (κ2) is 7.48. The van der Waals surface area contributed by atoms with E-state index in [4.69, 9.17) is 16.5 Å². The third kappa shape index (κ3) is 3.71. The lowest BCUT2D eigenvalue weighted by Gasteiger charge is -2.11. The lowest BCUT2D eigenvalue weighted by Crippen LogP contribution is -2.27. The number of thiophene rings is 1. The summed E-state index contributed by atoms with van der Waals surface area (Å²) < 4.78 is 0. The van der Waals surface area contributed by atoms with E-state index in [0.29, 0.717) is 17.7 Å². The van der Waals surface area contributed by atoms with Crippen LogP contribution < -0.4 is 11.5 Å². The SMILES string of the molecule is CC(N)=C1C(=O)[C@H](CC(N)=O)N=C(Cc2ccccc2)c2c1sc(C)c2C.